The second kappa shape index (κ2) is 21.7. The predicted octanol–water partition coefficient (Wildman–Crippen LogP) is 10.6. The van der Waals surface area contributed by atoms with Crippen molar-refractivity contribution in [3.63, 3.8) is 0 Å². The molecule has 1 heterocycles. The lowest BCUT2D eigenvalue weighted by molar-refractivity contribution is -0.727. The number of imidazole rings is 1. The molecule has 2 nitrogen and oxygen atoms in total. The Morgan fingerprint density at radius 3 is 1.45 bits per heavy atom. The first kappa shape index (κ1) is 30.2. The number of aromatic amines is 1. The van der Waals surface area contributed by atoms with E-state index >= 15 is 0 Å². The summed E-state index contributed by atoms with van der Waals surface area (Å²) in [4.78, 5) is 3.68. The summed E-state index contributed by atoms with van der Waals surface area (Å²) in [5.41, 5.74) is 0. The standard InChI is InChI=1S/C31H60N2/c1-5-8-11-14-15-16-17-18-20-21-24-29(4)33-28-27-32-31(33)30(25-22-13-10-7-3)26-23-19-12-9-6-2/h27-30H,5-26H2,1-4H3/p+1. The molecule has 0 bridgehead atoms. The van der Waals surface area contributed by atoms with Gasteiger partial charge in [0, 0.05) is 0 Å². The molecule has 0 radical (unpaired) electrons. The molecule has 1 aromatic rings. The molecule has 0 aliphatic rings. The molecule has 2 unspecified atom stereocenters. The lowest BCUT2D eigenvalue weighted by atomic mass is 9.93. The van der Waals surface area contributed by atoms with Crippen LogP contribution in [0, 0.1) is 0 Å². The van der Waals surface area contributed by atoms with Gasteiger partial charge >= 0.3 is 0 Å². The van der Waals surface area contributed by atoms with Crippen molar-refractivity contribution in [2.45, 2.75) is 181 Å². The number of hydrogen-bond acceptors (Lipinski definition) is 0. The first-order valence-corrected chi connectivity index (χ1v) is 15.3. The summed E-state index contributed by atoms with van der Waals surface area (Å²) in [6, 6.07) is 0.624. The molecular formula is C31H61N2+. The highest BCUT2D eigenvalue weighted by Crippen LogP contribution is 2.27. The molecule has 0 saturated carbocycles. The Morgan fingerprint density at radius 1 is 0.576 bits per heavy atom. The molecule has 0 fully saturated rings. The van der Waals surface area contributed by atoms with Gasteiger partial charge in [0.2, 0.25) is 0 Å². The minimum atomic E-state index is 0.624. The number of aromatic nitrogens is 2. The molecule has 2 heteroatoms. The Bertz CT molecular complexity index is 521. The zero-order valence-electron chi connectivity index (χ0n) is 23.3. The van der Waals surface area contributed by atoms with Crippen molar-refractivity contribution in [1.82, 2.24) is 4.98 Å². The van der Waals surface area contributed by atoms with Crippen molar-refractivity contribution in [3.8, 4) is 0 Å². The maximum Gasteiger partial charge on any atom is 0.257 e. The fourth-order valence-corrected chi connectivity index (χ4v) is 5.37. The van der Waals surface area contributed by atoms with Gasteiger partial charge in [-0.15, -0.1) is 0 Å². The highest BCUT2D eigenvalue weighted by molar-refractivity contribution is 4.90. The van der Waals surface area contributed by atoms with Crippen LogP contribution in [0.5, 0.6) is 0 Å². The summed E-state index contributed by atoms with van der Waals surface area (Å²) < 4.78 is 2.60. The molecule has 0 amide bonds. The number of H-pyrrole nitrogens is 1. The van der Waals surface area contributed by atoms with Crippen molar-refractivity contribution in [1.29, 1.82) is 0 Å². The molecular weight excluding hydrogens is 400 g/mol. The van der Waals surface area contributed by atoms with Crippen LogP contribution in [0.3, 0.4) is 0 Å². The van der Waals surface area contributed by atoms with E-state index in [4.69, 9.17) is 0 Å². The summed E-state index contributed by atoms with van der Waals surface area (Å²) in [7, 11) is 0. The Morgan fingerprint density at radius 2 is 0.970 bits per heavy atom. The fraction of sp³-hybridized carbons (Fsp3) is 0.903. The van der Waals surface area contributed by atoms with Crippen LogP contribution in [0.4, 0.5) is 0 Å². The highest BCUT2D eigenvalue weighted by Gasteiger charge is 2.25. The Kier molecular flexibility index (Phi) is 19.9. The van der Waals surface area contributed by atoms with Gasteiger partial charge in [-0.1, -0.05) is 136 Å². The van der Waals surface area contributed by atoms with Crippen molar-refractivity contribution < 1.29 is 4.57 Å². The quantitative estimate of drug-likeness (QED) is 0.117. The number of nitrogens with zero attached hydrogens (tertiary/aromatic N) is 1. The summed E-state index contributed by atoms with van der Waals surface area (Å²) in [6.45, 7) is 9.38. The van der Waals surface area contributed by atoms with Crippen molar-refractivity contribution in [3.05, 3.63) is 18.2 Å². The van der Waals surface area contributed by atoms with E-state index in [0.717, 1.165) is 0 Å². The number of rotatable bonds is 24. The van der Waals surface area contributed by atoms with E-state index in [-0.39, 0.29) is 0 Å². The van der Waals surface area contributed by atoms with Crippen molar-refractivity contribution in [2.24, 2.45) is 0 Å². The fourth-order valence-electron chi connectivity index (χ4n) is 5.37. The van der Waals surface area contributed by atoms with Gasteiger partial charge in [-0.25, -0.2) is 9.55 Å². The van der Waals surface area contributed by atoms with E-state index in [1.807, 2.05) is 0 Å². The van der Waals surface area contributed by atoms with Gasteiger partial charge in [0.1, 0.15) is 12.4 Å². The van der Waals surface area contributed by atoms with Crippen LogP contribution in [0.15, 0.2) is 12.4 Å². The molecule has 2 atom stereocenters. The summed E-state index contributed by atoms with van der Waals surface area (Å²) >= 11 is 0. The minimum absolute atomic E-state index is 0.624. The van der Waals surface area contributed by atoms with E-state index in [2.05, 4.69) is 49.6 Å². The normalized spacial score (nSPS) is 13.5. The SMILES string of the molecule is CCCCCCCCCCCCC(C)[n+]1cc[nH]c1C(CCCCCC)CCCCCCC. The van der Waals surface area contributed by atoms with E-state index in [1.54, 1.807) is 0 Å². The van der Waals surface area contributed by atoms with Crippen LogP contribution >= 0.6 is 0 Å². The number of hydrogen-bond donors (Lipinski definition) is 1. The lowest BCUT2D eigenvalue weighted by Crippen LogP contribution is -2.41. The van der Waals surface area contributed by atoms with Crippen molar-refractivity contribution >= 4 is 0 Å². The minimum Gasteiger partial charge on any atom is -0.247 e. The monoisotopic (exact) mass is 461 g/mol. The van der Waals surface area contributed by atoms with Gasteiger partial charge in [-0.2, -0.15) is 0 Å². The van der Waals surface area contributed by atoms with Crippen LogP contribution < -0.4 is 4.57 Å². The summed E-state index contributed by atoms with van der Waals surface area (Å²) in [6.07, 6.45) is 35.3. The van der Waals surface area contributed by atoms with Gasteiger partial charge in [0.05, 0.1) is 12.0 Å². The van der Waals surface area contributed by atoms with Gasteiger partial charge in [0.25, 0.3) is 5.82 Å². The molecule has 0 aliphatic carbocycles. The Balaban J connectivity index is 2.40. The highest BCUT2D eigenvalue weighted by atomic mass is 15.1. The largest absolute Gasteiger partial charge is 0.257 e. The molecule has 0 aromatic carbocycles. The van der Waals surface area contributed by atoms with Crippen LogP contribution in [-0.2, 0) is 0 Å². The van der Waals surface area contributed by atoms with Gasteiger partial charge in [-0.05, 0) is 32.6 Å². The third-order valence-corrected chi connectivity index (χ3v) is 7.64. The van der Waals surface area contributed by atoms with Crippen LogP contribution in [0.25, 0.3) is 0 Å². The first-order chi connectivity index (χ1) is 16.2. The molecule has 33 heavy (non-hydrogen) atoms. The van der Waals surface area contributed by atoms with E-state index in [1.165, 1.54) is 147 Å². The van der Waals surface area contributed by atoms with Gasteiger partial charge < -0.3 is 0 Å². The van der Waals surface area contributed by atoms with Crippen LogP contribution in [-0.4, -0.2) is 4.98 Å². The molecule has 0 aliphatic heterocycles. The maximum absolute atomic E-state index is 3.68. The lowest BCUT2D eigenvalue weighted by Gasteiger charge is -2.17. The summed E-state index contributed by atoms with van der Waals surface area (Å²) in [5.74, 6) is 2.23. The number of unbranched alkanes of at least 4 members (excludes halogenated alkanes) is 16. The molecule has 1 rings (SSSR count). The zero-order chi connectivity index (χ0) is 24.0. The van der Waals surface area contributed by atoms with Crippen LogP contribution in [0.1, 0.15) is 187 Å². The van der Waals surface area contributed by atoms with E-state index in [0.29, 0.717) is 12.0 Å². The molecule has 194 valence electrons. The van der Waals surface area contributed by atoms with Crippen molar-refractivity contribution in [2.75, 3.05) is 0 Å². The van der Waals surface area contributed by atoms with Gasteiger partial charge in [-0.3, -0.25) is 0 Å². The predicted molar refractivity (Wildman–Crippen MR) is 147 cm³/mol. The Labute approximate surface area is 208 Å². The Hall–Kier alpha value is -0.790. The molecule has 1 aromatic heterocycles. The van der Waals surface area contributed by atoms with E-state index < -0.39 is 0 Å². The maximum atomic E-state index is 3.68. The average molecular weight is 462 g/mol. The second-order valence-electron chi connectivity index (χ2n) is 10.8. The second-order valence-corrected chi connectivity index (χ2v) is 10.8. The topological polar surface area (TPSA) is 19.7 Å². The molecule has 0 saturated heterocycles. The van der Waals surface area contributed by atoms with Gasteiger partial charge in [0.15, 0.2) is 0 Å². The first-order valence-electron chi connectivity index (χ1n) is 15.3. The summed E-state index contributed by atoms with van der Waals surface area (Å²) in [5, 5.41) is 0. The third kappa shape index (κ3) is 14.9. The smallest absolute Gasteiger partial charge is 0.247 e. The average Bonchev–Trinajstić information content (AvgIpc) is 3.31. The van der Waals surface area contributed by atoms with E-state index in [9.17, 15) is 0 Å². The zero-order valence-corrected chi connectivity index (χ0v) is 23.3. The van der Waals surface area contributed by atoms with Crippen LogP contribution in [0.2, 0.25) is 0 Å². The number of nitrogens with one attached hydrogen (secondary N) is 1. The molecule has 1 N–H and O–H groups in total. The molecule has 0 spiro atoms. The third-order valence-electron chi connectivity index (χ3n) is 7.64.